The third-order valence-electron chi connectivity index (χ3n) is 5.74. The van der Waals surface area contributed by atoms with Gasteiger partial charge in [0.15, 0.2) is 17.2 Å². The summed E-state index contributed by atoms with van der Waals surface area (Å²) in [6, 6.07) is 7.09. The Hall–Kier alpha value is -4.00. The van der Waals surface area contributed by atoms with Gasteiger partial charge < -0.3 is 5.32 Å². The van der Waals surface area contributed by atoms with Crippen molar-refractivity contribution in [3.05, 3.63) is 66.0 Å². The first-order chi connectivity index (χ1) is 17.1. The minimum Gasteiger partial charge on any atom is -0.304 e. The van der Waals surface area contributed by atoms with Crippen molar-refractivity contribution in [2.24, 2.45) is 0 Å². The Morgan fingerprint density at radius 1 is 1.08 bits per heavy atom. The molecule has 0 unspecified atom stereocenters. The number of likely N-dealkylation sites (tertiary alicyclic amines) is 1. The number of nitrogens with zero attached hydrogens (tertiary/aromatic N) is 5. The van der Waals surface area contributed by atoms with Gasteiger partial charge in [0, 0.05) is 42.9 Å². The van der Waals surface area contributed by atoms with Crippen molar-refractivity contribution in [3.8, 4) is 11.1 Å². The number of fused-ring (bicyclic) bond motifs is 1. The zero-order chi connectivity index (χ0) is 25.5. The Morgan fingerprint density at radius 2 is 1.92 bits per heavy atom. The third kappa shape index (κ3) is 5.00. The van der Waals surface area contributed by atoms with Crippen LogP contribution in [-0.4, -0.2) is 55.0 Å². The molecule has 1 fully saturated rings. The highest BCUT2D eigenvalue weighted by Crippen LogP contribution is 2.30. The number of aromatic nitrogens is 5. The van der Waals surface area contributed by atoms with Gasteiger partial charge in [0.2, 0.25) is 0 Å². The Morgan fingerprint density at radius 3 is 2.61 bits per heavy atom. The first-order valence-corrected chi connectivity index (χ1v) is 10.8. The van der Waals surface area contributed by atoms with Crippen molar-refractivity contribution >= 4 is 22.6 Å². The summed E-state index contributed by atoms with van der Waals surface area (Å²) in [6.07, 6.45) is -0.217. The largest absolute Gasteiger partial charge is 0.434 e. The van der Waals surface area contributed by atoms with E-state index in [2.05, 4.69) is 30.5 Å². The van der Waals surface area contributed by atoms with Crippen molar-refractivity contribution in [2.45, 2.75) is 25.1 Å². The van der Waals surface area contributed by atoms with E-state index in [1.807, 2.05) is 6.07 Å². The van der Waals surface area contributed by atoms with Crippen LogP contribution in [-0.2, 0) is 12.7 Å². The maximum absolute atomic E-state index is 13.5. The molecule has 1 aromatic carbocycles. The van der Waals surface area contributed by atoms with Crippen molar-refractivity contribution in [1.82, 2.24) is 30.0 Å². The smallest absolute Gasteiger partial charge is 0.304 e. The van der Waals surface area contributed by atoms with Gasteiger partial charge in [0.05, 0.1) is 24.5 Å². The van der Waals surface area contributed by atoms with E-state index >= 15 is 0 Å². The molecule has 186 valence electrons. The molecule has 36 heavy (non-hydrogen) atoms. The molecule has 0 atom stereocenters. The average Bonchev–Trinajstić information content (AvgIpc) is 3.41. The van der Waals surface area contributed by atoms with Crippen LogP contribution in [0.15, 0.2) is 49.1 Å². The molecule has 1 aliphatic rings. The number of anilines is 1. The van der Waals surface area contributed by atoms with Gasteiger partial charge in [-0.25, -0.2) is 18.7 Å². The molecule has 1 aliphatic heterocycles. The SMILES string of the molecule is O=C(Nc1cnc(C(F)(F)F)cn1)c1n[nH]c2ccc(-c3cncc(CN4CCC(F)(F)C4)c3)cc12. The van der Waals surface area contributed by atoms with Crippen molar-refractivity contribution in [3.63, 3.8) is 0 Å². The number of H-pyrrole nitrogens is 1. The van der Waals surface area contributed by atoms with E-state index < -0.39 is 23.7 Å². The lowest BCUT2D eigenvalue weighted by atomic mass is 10.0. The number of aromatic amines is 1. The van der Waals surface area contributed by atoms with Gasteiger partial charge in [0.1, 0.15) is 0 Å². The van der Waals surface area contributed by atoms with Crippen molar-refractivity contribution in [2.75, 3.05) is 18.4 Å². The number of halogens is 5. The normalized spacial score (nSPS) is 15.9. The number of carbonyl (C=O) groups is 1. The van der Waals surface area contributed by atoms with E-state index in [0.717, 1.165) is 17.3 Å². The van der Waals surface area contributed by atoms with Crippen LogP contribution in [0.2, 0.25) is 0 Å². The summed E-state index contributed by atoms with van der Waals surface area (Å²) < 4.78 is 65.0. The highest BCUT2D eigenvalue weighted by molar-refractivity contribution is 6.11. The lowest BCUT2D eigenvalue weighted by Crippen LogP contribution is -2.24. The third-order valence-corrected chi connectivity index (χ3v) is 5.74. The number of alkyl halides is 5. The molecule has 8 nitrogen and oxygen atoms in total. The number of hydrogen-bond acceptors (Lipinski definition) is 6. The second-order valence-electron chi connectivity index (χ2n) is 8.47. The minimum atomic E-state index is -4.64. The summed E-state index contributed by atoms with van der Waals surface area (Å²) in [6.45, 7) is 0.353. The predicted molar refractivity (Wildman–Crippen MR) is 119 cm³/mol. The van der Waals surface area contributed by atoms with Crippen LogP contribution in [0.5, 0.6) is 0 Å². The molecule has 0 saturated carbocycles. The van der Waals surface area contributed by atoms with E-state index in [0.29, 0.717) is 35.8 Å². The molecule has 4 aromatic rings. The summed E-state index contributed by atoms with van der Waals surface area (Å²) in [5.41, 5.74) is 1.61. The van der Waals surface area contributed by atoms with Crippen LogP contribution in [0.1, 0.15) is 28.2 Å². The number of hydrogen-bond donors (Lipinski definition) is 2. The molecule has 2 N–H and O–H groups in total. The molecule has 1 saturated heterocycles. The number of benzene rings is 1. The highest BCUT2D eigenvalue weighted by atomic mass is 19.4. The van der Waals surface area contributed by atoms with Gasteiger partial charge in [-0.1, -0.05) is 6.07 Å². The molecule has 3 aromatic heterocycles. The standard InChI is InChI=1S/C23H18F5N7O/c24-22(25)3-4-35(12-22)11-13-5-15(8-29-7-13)14-1-2-17-16(6-14)20(34-33-17)21(36)32-19-10-30-18(9-31-19)23(26,27)28/h1-2,5-10H,3-4,11-12H2,(H,33,34)(H,31,32,36). The maximum Gasteiger partial charge on any atom is 0.434 e. The van der Waals surface area contributed by atoms with Crippen LogP contribution < -0.4 is 5.32 Å². The van der Waals surface area contributed by atoms with Crippen LogP contribution in [0.25, 0.3) is 22.0 Å². The fraction of sp³-hybridized carbons (Fsp3) is 0.261. The number of pyridine rings is 1. The van der Waals surface area contributed by atoms with Crippen LogP contribution >= 0.6 is 0 Å². The minimum absolute atomic E-state index is 0.0111. The van der Waals surface area contributed by atoms with Gasteiger partial charge in [-0.15, -0.1) is 0 Å². The molecular formula is C23H18F5N7O. The molecule has 1 amide bonds. The quantitative estimate of drug-likeness (QED) is 0.389. The average molecular weight is 503 g/mol. The van der Waals surface area contributed by atoms with E-state index in [1.165, 1.54) is 0 Å². The predicted octanol–water partition coefficient (Wildman–Crippen LogP) is 4.53. The maximum atomic E-state index is 13.5. The van der Waals surface area contributed by atoms with E-state index in [9.17, 15) is 26.7 Å². The summed E-state index contributed by atoms with van der Waals surface area (Å²) in [7, 11) is 0. The van der Waals surface area contributed by atoms with E-state index in [-0.39, 0.29) is 24.5 Å². The monoisotopic (exact) mass is 503 g/mol. The zero-order valence-electron chi connectivity index (χ0n) is 18.5. The topological polar surface area (TPSA) is 99.7 Å². The van der Waals surface area contributed by atoms with Gasteiger partial charge in [-0.2, -0.15) is 18.3 Å². The second kappa shape index (κ2) is 8.90. The molecule has 4 heterocycles. The van der Waals surface area contributed by atoms with E-state index in [1.54, 1.807) is 35.5 Å². The van der Waals surface area contributed by atoms with Gasteiger partial charge in [-0.3, -0.25) is 19.8 Å². The molecule has 0 radical (unpaired) electrons. The fourth-order valence-electron chi connectivity index (χ4n) is 4.01. The van der Waals surface area contributed by atoms with Crippen LogP contribution in [0.4, 0.5) is 27.8 Å². The fourth-order valence-corrected chi connectivity index (χ4v) is 4.01. The summed E-state index contributed by atoms with van der Waals surface area (Å²) >= 11 is 0. The Balaban J connectivity index is 1.36. The van der Waals surface area contributed by atoms with Gasteiger partial charge in [0.25, 0.3) is 11.8 Å². The van der Waals surface area contributed by atoms with Crippen molar-refractivity contribution in [1.29, 1.82) is 0 Å². The summed E-state index contributed by atoms with van der Waals surface area (Å²) in [5.74, 6) is -3.53. The first-order valence-electron chi connectivity index (χ1n) is 10.8. The number of amides is 1. The summed E-state index contributed by atoms with van der Waals surface area (Å²) in [4.78, 5) is 25.5. The van der Waals surface area contributed by atoms with Crippen LogP contribution in [0, 0.1) is 0 Å². The Labute approximate surface area is 200 Å². The molecule has 13 heteroatoms. The van der Waals surface area contributed by atoms with E-state index in [4.69, 9.17) is 0 Å². The second-order valence-corrected chi connectivity index (χ2v) is 8.47. The summed E-state index contributed by atoms with van der Waals surface area (Å²) in [5, 5.41) is 9.62. The molecular weight excluding hydrogens is 485 g/mol. The lowest BCUT2D eigenvalue weighted by molar-refractivity contribution is -0.141. The Bertz CT molecular complexity index is 1420. The van der Waals surface area contributed by atoms with Gasteiger partial charge in [-0.05, 0) is 29.3 Å². The molecule has 5 rings (SSSR count). The number of carbonyl (C=O) groups excluding carboxylic acids is 1. The van der Waals surface area contributed by atoms with Gasteiger partial charge >= 0.3 is 6.18 Å². The number of nitrogens with one attached hydrogen (secondary N) is 2. The molecule has 0 spiro atoms. The highest BCUT2D eigenvalue weighted by Gasteiger charge is 2.38. The van der Waals surface area contributed by atoms with Crippen molar-refractivity contribution < 1.29 is 26.7 Å². The first kappa shape index (κ1) is 23.7. The zero-order valence-corrected chi connectivity index (χ0v) is 18.5. The molecule has 0 bridgehead atoms. The van der Waals surface area contributed by atoms with Crippen LogP contribution in [0.3, 0.4) is 0 Å². The number of rotatable bonds is 5. The lowest BCUT2D eigenvalue weighted by Gasteiger charge is -2.15. The molecule has 0 aliphatic carbocycles. The Kier molecular flexibility index (Phi) is 5.86.